The zero-order valence-corrected chi connectivity index (χ0v) is 11.7. The Morgan fingerprint density at radius 1 is 1.39 bits per heavy atom. The standard InChI is InChI=1S/C14H23N3O/c1-9(2)7-11-8-12(15-3)17-14(16-11)13(18-4)10-5-6-10/h8-10,13H,5-7H2,1-4H3,(H,15,16,17). The highest BCUT2D eigenvalue weighted by atomic mass is 16.5. The summed E-state index contributed by atoms with van der Waals surface area (Å²) in [5, 5.41) is 3.11. The van der Waals surface area contributed by atoms with Gasteiger partial charge in [0.15, 0.2) is 5.82 Å². The monoisotopic (exact) mass is 249 g/mol. The summed E-state index contributed by atoms with van der Waals surface area (Å²) in [5.41, 5.74) is 1.10. The molecular weight excluding hydrogens is 226 g/mol. The van der Waals surface area contributed by atoms with Gasteiger partial charge in [0.25, 0.3) is 0 Å². The van der Waals surface area contributed by atoms with Crippen LogP contribution in [0.4, 0.5) is 5.82 Å². The molecule has 0 saturated heterocycles. The van der Waals surface area contributed by atoms with Gasteiger partial charge in [-0.05, 0) is 31.1 Å². The molecule has 0 aliphatic heterocycles. The molecule has 100 valence electrons. The molecule has 2 rings (SSSR count). The normalized spacial score (nSPS) is 16.9. The molecule has 1 saturated carbocycles. The van der Waals surface area contributed by atoms with Gasteiger partial charge >= 0.3 is 0 Å². The second-order valence-corrected chi connectivity index (χ2v) is 5.44. The highest BCUT2D eigenvalue weighted by Crippen LogP contribution is 2.42. The minimum Gasteiger partial charge on any atom is -0.373 e. The van der Waals surface area contributed by atoms with Crippen molar-refractivity contribution in [3.8, 4) is 0 Å². The molecule has 1 aliphatic rings. The second kappa shape index (κ2) is 5.65. The minimum absolute atomic E-state index is 0.0595. The van der Waals surface area contributed by atoms with Crippen LogP contribution in [0.3, 0.4) is 0 Å². The van der Waals surface area contributed by atoms with E-state index < -0.39 is 0 Å². The zero-order chi connectivity index (χ0) is 13.1. The molecule has 4 heteroatoms. The summed E-state index contributed by atoms with van der Waals surface area (Å²) in [4.78, 5) is 9.22. The molecule has 0 amide bonds. The number of hydrogen-bond donors (Lipinski definition) is 1. The van der Waals surface area contributed by atoms with Crippen molar-refractivity contribution >= 4 is 5.82 Å². The van der Waals surface area contributed by atoms with Gasteiger partial charge < -0.3 is 10.1 Å². The third-order valence-electron chi connectivity index (χ3n) is 3.23. The topological polar surface area (TPSA) is 47.0 Å². The molecule has 1 aromatic rings. The van der Waals surface area contributed by atoms with Gasteiger partial charge in [-0.1, -0.05) is 13.8 Å². The fourth-order valence-corrected chi connectivity index (χ4v) is 2.20. The number of aromatic nitrogens is 2. The van der Waals surface area contributed by atoms with Crippen LogP contribution in [0.25, 0.3) is 0 Å². The molecule has 0 aromatic carbocycles. The van der Waals surface area contributed by atoms with E-state index in [1.165, 1.54) is 12.8 Å². The first-order valence-electron chi connectivity index (χ1n) is 6.72. The minimum atomic E-state index is 0.0595. The van der Waals surface area contributed by atoms with Crippen LogP contribution in [-0.2, 0) is 11.2 Å². The summed E-state index contributed by atoms with van der Waals surface area (Å²) in [6.45, 7) is 4.41. The van der Waals surface area contributed by atoms with Crippen molar-refractivity contribution in [2.45, 2.75) is 39.2 Å². The lowest BCUT2D eigenvalue weighted by atomic mass is 10.1. The molecule has 1 atom stereocenters. The average Bonchev–Trinajstić information content (AvgIpc) is 3.13. The van der Waals surface area contributed by atoms with E-state index in [0.717, 1.165) is 23.8 Å². The maximum Gasteiger partial charge on any atom is 0.159 e. The molecule has 1 aromatic heterocycles. The molecule has 1 N–H and O–H groups in total. The number of rotatable bonds is 6. The SMILES string of the molecule is CNc1cc(CC(C)C)nc(C(OC)C2CC2)n1. The first-order chi connectivity index (χ1) is 8.63. The first kappa shape index (κ1) is 13.3. The first-order valence-corrected chi connectivity index (χ1v) is 6.72. The Kier molecular flexibility index (Phi) is 4.17. The van der Waals surface area contributed by atoms with Crippen molar-refractivity contribution in [2.24, 2.45) is 11.8 Å². The van der Waals surface area contributed by atoms with Crippen LogP contribution in [0.1, 0.15) is 44.3 Å². The van der Waals surface area contributed by atoms with Gasteiger partial charge in [0.1, 0.15) is 11.9 Å². The number of methoxy groups -OCH3 is 1. The van der Waals surface area contributed by atoms with Gasteiger partial charge in [0.05, 0.1) is 0 Å². The van der Waals surface area contributed by atoms with Crippen LogP contribution in [0.5, 0.6) is 0 Å². The molecule has 1 unspecified atom stereocenters. The van der Waals surface area contributed by atoms with Crippen LogP contribution in [-0.4, -0.2) is 24.1 Å². The van der Waals surface area contributed by atoms with Gasteiger partial charge in [-0.3, -0.25) is 0 Å². The molecule has 1 heterocycles. The van der Waals surface area contributed by atoms with E-state index in [2.05, 4.69) is 29.1 Å². The Balaban J connectivity index is 2.27. The number of ether oxygens (including phenoxy) is 1. The summed E-state index contributed by atoms with van der Waals surface area (Å²) < 4.78 is 5.57. The van der Waals surface area contributed by atoms with Crippen LogP contribution < -0.4 is 5.32 Å². The highest BCUT2D eigenvalue weighted by Gasteiger charge is 2.34. The van der Waals surface area contributed by atoms with E-state index in [1.54, 1.807) is 7.11 Å². The van der Waals surface area contributed by atoms with E-state index in [4.69, 9.17) is 4.74 Å². The van der Waals surface area contributed by atoms with E-state index in [0.29, 0.717) is 11.8 Å². The lowest BCUT2D eigenvalue weighted by molar-refractivity contribution is 0.0771. The Hall–Kier alpha value is -1.16. The Bertz CT molecular complexity index is 402. The molecule has 4 nitrogen and oxygen atoms in total. The highest BCUT2D eigenvalue weighted by molar-refractivity contribution is 5.35. The maximum absolute atomic E-state index is 5.57. The van der Waals surface area contributed by atoms with E-state index in [1.807, 2.05) is 13.1 Å². The van der Waals surface area contributed by atoms with Crippen molar-refractivity contribution < 1.29 is 4.74 Å². The quantitative estimate of drug-likeness (QED) is 0.842. The molecule has 18 heavy (non-hydrogen) atoms. The molecule has 0 bridgehead atoms. The smallest absolute Gasteiger partial charge is 0.159 e. The van der Waals surface area contributed by atoms with E-state index >= 15 is 0 Å². The summed E-state index contributed by atoms with van der Waals surface area (Å²) >= 11 is 0. The predicted octanol–water partition coefficient (Wildman–Crippen LogP) is 2.81. The number of nitrogens with one attached hydrogen (secondary N) is 1. The summed E-state index contributed by atoms with van der Waals surface area (Å²) in [7, 11) is 3.64. The lowest BCUT2D eigenvalue weighted by Gasteiger charge is -2.16. The van der Waals surface area contributed by atoms with Gasteiger partial charge in [-0.2, -0.15) is 0 Å². The number of nitrogens with zero attached hydrogens (tertiary/aromatic N) is 2. The van der Waals surface area contributed by atoms with Crippen molar-refractivity contribution in [1.82, 2.24) is 9.97 Å². The molecule has 0 spiro atoms. The van der Waals surface area contributed by atoms with Gasteiger partial charge in [-0.25, -0.2) is 9.97 Å². The van der Waals surface area contributed by atoms with E-state index in [9.17, 15) is 0 Å². The molecule has 0 radical (unpaired) electrons. The predicted molar refractivity (Wildman–Crippen MR) is 72.6 cm³/mol. The van der Waals surface area contributed by atoms with Crippen LogP contribution >= 0.6 is 0 Å². The third kappa shape index (κ3) is 3.19. The summed E-state index contributed by atoms with van der Waals surface area (Å²) in [5.74, 6) is 2.93. The van der Waals surface area contributed by atoms with Crippen molar-refractivity contribution in [2.75, 3.05) is 19.5 Å². The Labute approximate surface area is 109 Å². The summed E-state index contributed by atoms with van der Waals surface area (Å²) in [6.07, 6.45) is 3.49. The van der Waals surface area contributed by atoms with Crippen molar-refractivity contribution in [3.63, 3.8) is 0 Å². The largest absolute Gasteiger partial charge is 0.373 e. The van der Waals surface area contributed by atoms with Crippen molar-refractivity contribution in [3.05, 3.63) is 17.6 Å². The number of anilines is 1. The summed E-state index contributed by atoms with van der Waals surface area (Å²) in [6, 6.07) is 2.03. The fraction of sp³-hybridized carbons (Fsp3) is 0.714. The van der Waals surface area contributed by atoms with E-state index in [-0.39, 0.29) is 6.10 Å². The Morgan fingerprint density at radius 3 is 2.61 bits per heavy atom. The second-order valence-electron chi connectivity index (χ2n) is 5.44. The van der Waals surface area contributed by atoms with Crippen LogP contribution in [0.15, 0.2) is 6.07 Å². The zero-order valence-electron chi connectivity index (χ0n) is 11.7. The third-order valence-corrected chi connectivity index (χ3v) is 3.23. The average molecular weight is 249 g/mol. The van der Waals surface area contributed by atoms with Gasteiger partial charge in [0.2, 0.25) is 0 Å². The van der Waals surface area contributed by atoms with Crippen LogP contribution in [0.2, 0.25) is 0 Å². The van der Waals surface area contributed by atoms with Gasteiger partial charge in [-0.15, -0.1) is 0 Å². The molecule has 1 fully saturated rings. The Morgan fingerprint density at radius 2 is 2.11 bits per heavy atom. The number of hydrogen-bond acceptors (Lipinski definition) is 4. The molecule has 1 aliphatic carbocycles. The maximum atomic E-state index is 5.57. The fourth-order valence-electron chi connectivity index (χ4n) is 2.20. The van der Waals surface area contributed by atoms with Crippen molar-refractivity contribution in [1.29, 1.82) is 0 Å². The lowest BCUT2D eigenvalue weighted by Crippen LogP contribution is -2.12. The molecular formula is C14H23N3O. The van der Waals surface area contributed by atoms with Crippen LogP contribution in [0, 0.1) is 11.8 Å². The van der Waals surface area contributed by atoms with Gasteiger partial charge in [0, 0.05) is 25.9 Å².